The number of rotatable bonds is 5. The largest absolute Gasteiger partial charge is 0.488 e. The van der Waals surface area contributed by atoms with Crippen molar-refractivity contribution in [1.29, 1.82) is 0 Å². The van der Waals surface area contributed by atoms with Gasteiger partial charge in [0.1, 0.15) is 18.4 Å². The van der Waals surface area contributed by atoms with Crippen LogP contribution in [0.15, 0.2) is 36.7 Å². The van der Waals surface area contributed by atoms with E-state index in [1.54, 1.807) is 0 Å². The minimum absolute atomic E-state index is 0.0303. The summed E-state index contributed by atoms with van der Waals surface area (Å²) in [5, 5.41) is 9.32. The van der Waals surface area contributed by atoms with E-state index in [2.05, 4.69) is 15.7 Å². The van der Waals surface area contributed by atoms with Crippen molar-refractivity contribution in [2.45, 2.75) is 19.1 Å². The van der Waals surface area contributed by atoms with Gasteiger partial charge in [-0.1, -0.05) is 18.2 Å². The van der Waals surface area contributed by atoms with Gasteiger partial charge in [-0.25, -0.2) is 4.79 Å². The maximum Gasteiger partial charge on any atom is 0.319 e. The third-order valence-corrected chi connectivity index (χ3v) is 3.41. The zero-order chi connectivity index (χ0) is 16.2. The second kappa shape index (κ2) is 6.39. The number of nitrogens with two attached hydrogens (primary N) is 1. The summed E-state index contributed by atoms with van der Waals surface area (Å²) in [5.41, 5.74) is 6.71. The molecule has 120 valence electrons. The maximum absolute atomic E-state index is 11.9. The molecular weight excluding hydrogens is 298 g/mol. The third kappa shape index (κ3) is 3.79. The van der Waals surface area contributed by atoms with Crippen molar-refractivity contribution in [3.63, 3.8) is 0 Å². The Morgan fingerprint density at radius 2 is 2.22 bits per heavy atom. The first-order valence-electron chi connectivity index (χ1n) is 7.20. The number of carbonyl (C=O) groups is 2. The highest BCUT2D eigenvalue weighted by Gasteiger charge is 2.22. The number of carbonyl (C=O) groups excluding carboxylic acids is 2. The molecule has 0 saturated heterocycles. The molecule has 0 radical (unpaired) electrons. The van der Waals surface area contributed by atoms with Gasteiger partial charge in [0.05, 0.1) is 18.4 Å². The van der Waals surface area contributed by atoms with Gasteiger partial charge in [0.15, 0.2) is 0 Å². The van der Waals surface area contributed by atoms with Gasteiger partial charge in [-0.2, -0.15) is 5.10 Å². The van der Waals surface area contributed by atoms with Crippen LogP contribution in [-0.2, 0) is 17.8 Å². The van der Waals surface area contributed by atoms with Crippen LogP contribution in [0.25, 0.3) is 0 Å². The smallest absolute Gasteiger partial charge is 0.319 e. The fraction of sp³-hybridized carbons (Fsp3) is 0.267. The van der Waals surface area contributed by atoms with Crippen LogP contribution in [0.4, 0.5) is 10.5 Å². The molecule has 23 heavy (non-hydrogen) atoms. The van der Waals surface area contributed by atoms with Crippen molar-refractivity contribution in [3.8, 4) is 5.75 Å². The van der Waals surface area contributed by atoms with Crippen molar-refractivity contribution < 1.29 is 14.3 Å². The Hall–Kier alpha value is -3.03. The summed E-state index contributed by atoms with van der Waals surface area (Å²) in [6.07, 6.45) is 3.68. The Bertz CT molecular complexity index is 702. The highest BCUT2D eigenvalue weighted by molar-refractivity contribution is 5.88. The number of fused-ring (bicyclic) bond motifs is 1. The maximum atomic E-state index is 11.9. The van der Waals surface area contributed by atoms with E-state index in [-0.39, 0.29) is 18.7 Å². The predicted molar refractivity (Wildman–Crippen MR) is 83.0 cm³/mol. The van der Waals surface area contributed by atoms with Crippen LogP contribution >= 0.6 is 0 Å². The number of anilines is 1. The molecule has 0 spiro atoms. The summed E-state index contributed by atoms with van der Waals surface area (Å²) in [6.45, 7) is 0.368. The number of nitrogens with one attached hydrogen (secondary N) is 2. The Balaban J connectivity index is 1.45. The van der Waals surface area contributed by atoms with E-state index >= 15 is 0 Å². The van der Waals surface area contributed by atoms with Crippen LogP contribution in [0, 0.1) is 0 Å². The fourth-order valence-electron chi connectivity index (χ4n) is 2.42. The Labute approximate surface area is 132 Å². The lowest BCUT2D eigenvalue weighted by Crippen LogP contribution is -2.37. The van der Waals surface area contributed by atoms with Crippen LogP contribution in [0.1, 0.15) is 5.56 Å². The number of hydrogen-bond donors (Lipinski definition) is 3. The molecular formula is C15H17N5O3. The lowest BCUT2D eigenvalue weighted by molar-refractivity contribution is -0.118. The van der Waals surface area contributed by atoms with E-state index in [9.17, 15) is 9.59 Å². The summed E-state index contributed by atoms with van der Waals surface area (Å²) < 4.78 is 7.10. The molecule has 1 atom stereocenters. The number of benzene rings is 1. The Morgan fingerprint density at radius 3 is 3.00 bits per heavy atom. The molecule has 4 N–H and O–H groups in total. The van der Waals surface area contributed by atoms with Crippen molar-refractivity contribution in [2.24, 2.45) is 5.73 Å². The minimum atomic E-state index is -0.498. The van der Waals surface area contributed by atoms with E-state index in [0.29, 0.717) is 12.2 Å². The molecule has 2 heterocycles. The summed E-state index contributed by atoms with van der Waals surface area (Å²) in [7, 11) is 0. The van der Waals surface area contributed by atoms with E-state index in [1.165, 1.54) is 17.1 Å². The summed E-state index contributed by atoms with van der Waals surface area (Å²) in [5.74, 6) is 0.370. The molecule has 0 saturated carbocycles. The highest BCUT2D eigenvalue weighted by Crippen LogP contribution is 2.27. The molecule has 1 aromatic heterocycles. The first-order valence-corrected chi connectivity index (χ1v) is 7.20. The molecule has 8 nitrogen and oxygen atoms in total. The van der Waals surface area contributed by atoms with Crippen LogP contribution in [0.3, 0.4) is 0 Å². The van der Waals surface area contributed by atoms with Gasteiger partial charge in [0.2, 0.25) is 5.91 Å². The standard InChI is InChI=1S/C15H17N5O3/c16-14(21)9-20-8-11(6-18-20)19-15(22)17-7-12-5-10-3-1-2-4-13(10)23-12/h1-4,6,8,12H,5,7,9H2,(H2,16,21)(H2,17,19,22)/t12-/m1/s1. The van der Waals surface area contributed by atoms with Gasteiger partial charge in [-0.15, -0.1) is 0 Å². The Kier molecular flexibility index (Phi) is 4.13. The third-order valence-electron chi connectivity index (χ3n) is 3.41. The molecule has 0 aliphatic carbocycles. The molecule has 0 unspecified atom stereocenters. The molecule has 3 rings (SSSR count). The lowest BCUT2D eigenvalue weighted by Gasteiger charge is -2.12. The number of urea groups is 1. The minimum Gasteiger partial charge on any atom is -0.488 e. The van der Waals surface area contributed by atoms with Gasteiger partial charge >= 0.3 is 6.03 Å². The zero-order valence-electron chi connectivity index (χ0n) is 12.4. The van der Waals surface area contributed by atoms with Gasteiger partial charge in [0, 0.05) is 12.6 Å². The first-order chi connectivity index (χ1) is 11.1. The monoisotopic (exact) mass is 315 g/mol. The number of primary amides is 1. The van der Waals surface area contributed by atoms with E-state index in [1.807, 2.05) is 24.3 Å². The molecule has 8 heteroatoms. The first kappa shape index (κ1) is 14.9. The summed E-state index contributed by atoms with van der Waals surface area (Å²) in [4.78, 5) is 22.7. The van der Waals surface area contributed by atoms with Crippen LogP contribution in [-0.4, -0.2) is 34.4 Å². The molecule has 0 bridgehead atoms. The molecule has 2 aromatic rings. The van der Waals surface area contributed by atoms with E-state index in [4.69, 9.17) is 10.5 Å². The van der Waals surface area contributed by atoms with E-state index in [0.717, 1.165) is 17.7 Å². The second-order valence-corrected chi connectivity index (χ2v) is 5.28. The van der Waals surface area contributed by atoms with Gasteiger partial charge in [-0.3, -0.25) is 9.48 Å². The van der Waals surface area contributed by atoms with Crippen LogP contribution in [0.2, 0.25) is 0 Å². The zero-order valence-corrected chi connectivity index (χ0v) is 12.4. The Morgan fingerprint density at radius 1 is 1.39 bits per heavy atom. The SMILES string of the molecule is NC(=O)Cn1cc(NC(=O)NC[C@H]2Cc3ccccc3O2)cn1. The highest BCUT2D eigenvalue weighted by atomic mass is 16.5. The van der Waals surface area contributed by atoms with Gasteiger partial charge < -0.3 is 21.1 Å². The lowest BCUT2D eigenvalue weighted by atomic mass is 10.1. The molecule has 3 amide bonds. The summed E-state index contributed by atoms with van der Waals surface area (Å²) in [6, 6.07) is 7.47. The molecule has 1 aliphatic heterocycles. The molecule has 0 fully saturated rings. The average Bonchev–Trinajstić information content (AvgIpc) is 3.10. The number of hydrogen-bond acceptors (Lipinski definition) is 4. The number of nitrogens with zero attached hydrogens (tertiary/aromatic N) is 2. The molecule has 1 aromatic carbocycles. The topological polar surface area (TPSA) is 111 Å². The van der Waals surface area contributed by atoms with Crippen LogP contribution < -0.4 is 21.1 Å². The number of amides is 3. The van der Waals surface area contributed by atoms with Gasteiger partial charge in [-0.05, 0) is 11.6 Å². The second-order valence-electron chi connectivity index (χ2n) is 5.28. The van der Waals surface area contributed by atoms with Gasteiger partial charge in [0.25, 0.3) is 0 Å². The summed E-state index contributed by atoms with van der Waals surface area (Å²) >= 11 is 0. The molecule has 1 aliphatic rings. The van der Waals surface area contributed by atoms with Crippen molar-refractivity contribution in [1.82, 2.24) is 15.1 Å². The van der Waals surface area contributed by atoms with Crippen molar-refractivity contribution in [3.05, 3.63) is 42.2 Å². The number of ether oxygens (including phenoxy) is 1. The van der Waals surface area contributed by atoms with E-state index < -0.39 is 5.91 Å². The fourth-order valence-corrected chi connectivity index (χ4v) is 2.42. The predicted octanol–water partition coefficient (Wildman–Crippen LogP) is 0.494. The van der Waals surface area contributed by atoms with Crippen LogP contribution in [0.5, 0.6) is 5.75 Å². The van der Waals surface area contributed by atoms with Crippen molar-refractivity contribution >= 4 is 17.6 Å². The average molecular weight is 315 g/mol. The number of para-hydroxylation sites is 1. The number of aromatic nitrogens is 2. The normalized spacial score (nSPS) is 15.6. The van der Waals surface area contributed by atoms with Crippen molar-refractivity contribution in [2.75, 3.05) is 11.9 Å². The quantitative estimate of drug-likeness (QED) is 0.745.